The largest absolute Gasteiger partial charge is 0.320 e. The summed E-state index contributed by atoms with van der Waals surface area (Å²) in [6, 6.07) is 17.6. The lowest BCUT2D eigenvalue weighted by Crippen LogP contribution is -2.21. The predicted octanol–water partition coefficient (Wildman–Crippen LogP) is 5.90. The van der Waals surface area contributed by atoms with E-state index < -0.39 is 8.07 Å². The zero-order valence-corrected chi connectivity index (χ0v) is 17.7. The summed E-state index contributed by atoms with van der Waals surface area (Å²) in [6.45, 7) is 6.66. The van der Waals surface area contributed by atoms with Gasteiger partial charge in [-0.2, -0.15) is 0 Å². The molecule has 132 valence electrons. The summed E-state index contributed by atoms with van der Waals surface area (Å²) < 4.78 is 0.993. The Kier molecular flexibility index (Phi) is 5.39. The van der Waals surface area contributed by atoms with Crippen LogP contribution in [0.4, 0.5) is 5.69 Å². The Bertz CT molecular complexity index is 970. The molecule has 0 saturated heterocycles. The number of amides is 1. The van der Waals surface area contributed by atoms with Crippen molar-refractivity contribution >= 4 is 52.1 Å². The normalized spacial score (nSPS) is 12.2. The Balaban J connectivity index is 2.00. The number of anilines is 1. The molecule has 3 rings (SSSR count). The Hall–Kier alpha value is -2.24. The maximum atomic E-state index is 13.1. The van der Waals surface area contributed by atoms with Gasteiger partial charge in [0.2, 0.25) is 0 Å². The van der Waals surface area contributed by atoms with Crippen molar-refractivity contribution in [3.8, 4) is 0 Å². The highest BCUT2D eigenvalue weighted by atomic mass is 79.9. The van der Waals surface area contributed by atoms with E-state index in [1.807, 2.05) is 54.6 Å². The van der Waals surface area contributed by atoms with Crippen molar-refractivity contribution in [1.82, 2.24) is 4.98 Å². The van der Waals surface area contributed by atoms with Crippen molar-refractivity contribution < 1.29 is 4.79 Å². The molecule has 0 aliphatic heterocycles. The van der Waals surface area contributed by atoms with E-state index in [1.165, 1.54) is 0 Å². The first-order chi connectivity index (χ1) is 12.3. The van der Waals surface area contributed by atoms with Crippen LogP contribution in [0.5, 0.6) is 0 Å². The quantitative estimate of drug-likeness (QED) is 0.418. The molecular formula is C21H21BrN2OSi. The van der Waals surface area contributed by atoms with Gasteiger partial charge < -0.3 is 5.32 Å². The molecule has 0 saturated carbocycles. The fourth-order valence-electron chi connectivity index (χ4n) is 2.74. The molecule has 1 heterocycles. The van der Waals surface area contributed by atoms with E-state index in [-0.39, 0.29) is 5.91 Å². The number of pyridine rings is 1. The van der Waals surface area contributed by atoms with Crippen molar-refractivity contribution in [3.05, 3.63) is 76.5 Å². The lowest BCUT2D eigenvalue weighted by Gasteiger charge is -2.16. The molecule has 1 N–H and O–H groups in total. The maximum Gasteiger partial charge on any atom is 0.255 e. The van der Waals surface area contributed by atoms with Crippen LogP contribution in [0.25, 0.3) is 16.5 Å². The van der Waals surface area contributed by atoms with Gasteiger partial charge in [0.1, 0.15) is 0 Å². The van der Waals surface area contributed by atoms with Crippen molar-refractivity contribution in [2.24, 2.45) is 0 Å². The summed E-state index contributed by atoms with van der Waals surface area (Å²) in [7, 11) is -1.60. The van der Waals surface area contributed by atoms with Crippen LogP contribution in [-0.4, -0.2) is 19.0 Å². The van der Waals surface area contributed by atoms with Crippen LogP contribution in [-0.2, 0) is 4.79 Å². The zero-order chi connectivity index (χ0) is 18.7. The van der Waals surface area contributed by atoms with Gasteiger partial charge in [0, 0.05) is 21.6 Å². The van der Waals surface area contributed by atoms with Gasteiger partial charge >= 0.3 is 0 Å². The van der Waals surface area contributed by atoms with Crippen LogP contribution >= 0.6 is 15.9 Å². The minimum atomic E-state index is -1.60. The Morgan fingerprint density at radius 2 is 1.73 bits per heavy atom. The number of aromatic nitrogens is 1. The molecule has 2 aromatic carbocycles. The molecule has 0 aliphatic carbocycles. The van der Waals surface area contributed by atoms with E-state index in [2.05, 4.69) is 51.6 Å². The van der Waals surface area contributed by atoms with E-state index in [0.717, 1.165) is 26.6 Å². The number of para-hydroxylation sites is 1. The van der Waals surface area contributed by atoms with Gasteiger partial charge in [-0.3, -0.25) is 9.78 Å². The number of carbonyl (C=O) groups excluding carboxylic acids is 1. The minimum Gasteiger partial charge on any atom is -0.320 e. The Morgan fingerprint density at radius 1 is 1.04 bits per heavy atom. The lowest BCUT2D eigenvalue weighted by atomic mass is 10.1. The molecule has 1 aromatic heterocycles. The highest BCUT2D eigenvalue weighted by Crippen LogP contribution is 2.25. The molecule has 0 radical (unpaired) electrons. The average Bonchev–Trinajstić information content (AvgIpc) is 2.60. The monoisotopic (exact) mass is 424 g/mol. The molecule has 0 fully saturated rings. The topological polar surface area (TPSA) is 42.0 Å². The molecule has 0 unspecified atom stereocenters. The van der Waals surface area contributed by atoms with Crippen LogP contribution in [0, 0.1) is 0 Å². The van der Waals surface area contributed by atoms with Gasteiger partial charge in [0.15, 0.2) is 0 Å². The van der Waals surface area contributed by atoms with E-state index in [4.69, 9.17) is 0 Å². The first kappa shape index (κ1) is 18.5. The number of hydrogen-bond donors (Lipinski definition) is 1. The Labute approximate surface area is 163 Å². The SMILES string of the molecule is C[Si](C)(C)/C=C(/C(=O)Nc1cccc2cccnc12)c1ccc(Br)cc1. The summed E-state index contributed by atoms with van der Waals surface area (Å²) in [5.74, 6) is -0.104. The average molecular weight is 425 g/mol. The second-order valence-electron chi connectivity index (χ2n) is 7.27. The molecule has 3 aromatic rings. The standard InChI is InChI=1S/C21H21BrN2OSi/c1-26(2,3)14-18(15-9-11-17(22)12-10-15)21(25)24-19-8-4-6-16-7-5-13-23-20(16)19/h4-14H,1-3H3,(H,24,25)/b18-14+. The highest BCUT2D eigenvalue weighted by Gasteiger charge is 2.19. The summed E-state index contributed by atoms with van der Waals surface area (Å²) in [4.78, 5) is 17.5. The van der Waals surface area contributed by atoms with Gasteiger partial charge in [-0.25, -0.2) is 0 Å². The number of nitrogens with zero attached hydrogens (tertiary/aromatic N) is 1. The lowest BCUT2D eigenvalue weighted by molar-refractivity contribution is -0.111. The van der Waals surface area contributed by atoms with Crippen LogP contribution in [0.15, 0.2) is 71.0 Å². The molecule has 0 bridgehead atoms. The van der Waals surface area contributed by atoms with Crippen LogP contribution < -0.4 is 5.32 Å². The van der Waals surface area contributed by atoms with Crippen molar-refractivity contribution in [1.29, 1.82) is 0 Å². The summed E-state index contributed by atoms with van der Waals surface area (Å²) in [5, 5.41) is 4.07. The highest BCUT2D eigenvalue weighted by molar-refractivity contribution is 9.10. The third-order valence-corrected chi connectivity index (χ3v) is 5.54. The van der Waals surface area contributed by atoms with E-state index in [0.29, 0.717) is 5.57 Å². The predicted molar refractivity (Wildman–Crippen MR) is 116 cm³/mol. The van der Waals surface area contributed by atoms with E-state index >= 15 is 0 Å². The number of carbonyl (C=O) groups is 1. The fraction of sp³-hybridized carbons (Fsp3) is 0.143. The minimum absolute atomic E-state index is 0.104. The molecule has 5 heteroatoms. The number of hydrogen-bond acceptors (Lipinski definition) is 2. The second kappa shape index (κ2) is 7.56. The molecule has 3 nitrogen and oxygen atoms in total. The van der Waals surface area contributed by atoms with Gasteiger partial charge in [-0.1, -0.05) is 71.6 Å². The van der Waals surface area contributed by atoms with E-state index in [1.54, 1.807) is 6.20 Å². The maximum absolute atomic E-state index is 13.1. The van der Waals surface area contributed by atoms with Crippen molar-refractivity contribution in [3.63, 3.8) is 0 Å². The van der Waals surface area contributed by atoms with Gasteiger partial charge in [0.05, 0.1) is 19.3 Å². The van der Waals surface area contributed by atoms with Crippen LogP contribution in [0.3, 0.4) is 0 Å². The number of nitrogens with one attached hydrogen (secondary N) is 1. The third kappa shape index (κ3) is 4.48. The smallest absolute Gasteiger partial charge is 0.255 e. The summed E-state index contributed by atoms with van der Waals surface area (Å²) in [5.41, 5.74) is 5.30. The van der Waals surface area contributed by atoms with Gasteiger partial charge in [0.25, 0.3) is 5.91 Å². The molecule has 0 atom stereocenters. The van der Waals surface area contributed by atoms with E-state index in [9.17, 15) is 4.79 Å². The van der Waals surface area contributed by atoms with Crippen LogP contribution in [0.1, 0.15) is 5.56 Å². The van der Waals surface area contributed by atoms with Crippen molar-refractivity contribution in [2.75, 3.05) is 5.32 Å². The summed E-state index contributed by atoms with van der Waals surface area (Å²) in [6.07, 6.45) is 1.74. The zero-order valence-electron chi connectivity index (χ0n) is 15.1. The molecular weight excluding hydrogens is 404 g/mol. The number of benzene rings is 2. The molecule has 1 amide bonds. The third-order valence-electron chi connectivity index (χ3n) is 3.86. The number of fused-ring (bicyclic) bond motifs is 1. The second-order valence-corrected chi connectivity index (χ2v) is 13.2. The summed E-state index contributed by atoms with van der Waals surface area (Å²) >= 11 is 3.45. The molecule has 0 spiro atoms. The van der Waals surface area contributed by atoms with Crippen LogP contribution in [0.2, 0.25) is 19.6 Å². The first-order valence-electron chi connectivity index (χ1n) is 8.47. The number of halogens is 1. The first-order valence-corrected chi connectivity index (χ1v) is 12.8. The molecule has 0 aliphatic rings. The van der Waals surface area contributed by atoms with Crippen molar-refractivity contribution in [2.45, 2.75) is 19.6 Å². The Morgan fingerprint density at radius 3 is 2.42 bits per heavy atom. The molecule has 26 heavy (non-hydrogen) atoms. The van der Waals surface area contributed by atoms with Gasteiger partial charge in [-0.15, -0.1) is 0 Å². The van der Waals surface area contributed by atoms with Gasteiger partial charge in [-0.05, 0) is 29.8 Å². The number of rotatable bonds is 4. The fourth-order valence-corrected chi connectivity index (χ4v) is 4.17.